The second kappa shape index (κ2) is 9.63. The molecule has 150 valence electrons. The van der Waals surface area contributed by atoms with Gasteiger partial charge in [-0.1, -0.05) is 46.7 Å². The number of benzene rings is 1. The highest BCUT2D eigenvalue weighted by molar-refractivity contribution is 7.16. The summed E-state index contributed by atoms with van der Waals surface area (Å²) in [5.41, 5.74) is 1.73. The minimum atomic E-state index is -0.296. The summed E-state index contributed by atoms with van der Waals surface area (Å²) >= 11 is 25.7. The zero-order chi connectivity index (χ0) is 20.3. The zero-order valence-corrected chi connectivity index (χ0v) is 18.9. The normalized spacial score (nSPS) is 16.4. The third-order valence-electron chi connectivity index (χ3n) is 4.29. The average molecular weight is 480 g/mol. The van der Waals surface area contributed by atoms with Gasteiger partial charge in [-0.3, -0.25) is 4.79 Å². The van der Waals surface area contributed by atoms with Crippen LogP contribution >= 0.6 is 57.7 Å². The minimum absolute atomic E-state index is 0.154. The van der Waals surface area contributed by atoms with Crippen molar-refractivity contribution >= 4 is 74.5 Å². The summed E-state index contributed by atoms with van der Waals surface area (Å²) in [6.45, 7) is 2.72. The quantitative estimate of drug-likeness (QED) is 0.497. The van der Waals surface area contributed by atoms with Crippen molar-refractivity contribution in [1.29, 1.82) is 0 Å². The molecule has 0 aliphatic carbocycles. The summed E-state index contributed by atoms with van der Waals surface area (Å²) < 4.78 is 0. The van der Waals surface area contributed by atoms with Crippen LogP contribution in [0.25, 0.3) is 0 Å². The first-order valence-corrected chi connectivity index (χ1v) is 11.2. The fourth-order valence-electron chi connectivity index (χ4n) is 2.97. The number of carbonyl (C=O) groups excluding carboxylic acids is 1. The van der Waals surface area contributed by atoms with Crippen LogP contribution in [0.1, 0.15) is 29.8 Å². The first-order valence-electron chi connectivity index (χ1n) is 8.61. The molecule has 0 saturated carbocycles. The number of amides is 1. The van der Waals surface area contributed by atoms with Crippen LogP contribution in [-0.2, 0) is 4.79 Å². The molecular weight excluding hydrogens is 462 g/mol. The van der Waals surface area contributed by atoms with Gasteiger partial charge in [-0.25, -0.2) is 9.99 Å². The molecule has 0 spiro atoms. The van der Waals surface area contributed by atoms with Crippen molar-refractivity contribution < 1.29 is 4.79 Å². The third-order valence-corrected chi connectivity index (χ3v) is 6.50. The number of hydrazone groups is 1. The average Bonchev–Trinajstić information content (AvgIpc) is 3.26. The maximum absolute atomic E-state index is 12.2. The van der Waals surface area contributed by atoms with E-state index in [1.165, 1.54) is 23.3 Å². The Bertz CT molecular complexity index is 865. The SMILES string of the molecule is CC(=O)N1N=C(c2ccc(Cl)cc2)CC1c1sc(N(CCCl)CCCl)nc1Cl. The summed E-state index contributed by atoms with van der Waals surface area (Å²) in [4.78, 5) is 19.5. The van der Waals surface area contributed by atoms with Crippen molar-refractivity contribution in [2.45, 2.75) is 19.4 Å². The van der Waals surface area contributed by atoms with E-state index >= 15 is 0 Å². The van der Waals surface area contributed by atoms with E-state index in [2.05, 4.69) is 10.1 Å². The van der Waals surface area contributed by atoms with Crippen molar-refractivity contribution in [3.8, 4) is 0 Å². The van der Waals surface area contributed by atoms with Gasteiger partial charge in [-0.05, 0) is 17.7 Å². The molecule has 28 heavy (non-hydrogen) atoms. The predicted octanol–water partition coefficient (Wildman–Crippen LogP) is 5.43. The van der Waals surface area contributed by atoms with E-state index in [4.69, 9.17) is 46.4 Å². The maximum atomic E-state index is 12.2. The largest absolute Gasteiger partial charge is 0.346 e. The Morgan fingerprint density at radius 1 is 1.21 bits per heavy atom. The van der Waals surface area contributed by atoms with E-state index in [9.17, 15) is 4.79 Å². The number of carbonyl (C=O) groups is 1. The van der Waals surface area contributed by atoms with Crippen LogP contribution in [0.4, 0.5) is 5.13 Å². The van der Waals surface area contributed by atoms with Crippen molar-refractivity contribution in [3.05, 3.63) is 44.9 Å². The first-order chi connectivity index (χ1) is 13.4. The van der Waals surface area contributed by atoms with Gasteiger partial charge in [0, 0.05) is 43.2 Å². The van der Waals surface area contributed by atoms with Crippen LogP contribution in [0.2, 0.25) is 10.2 Å². The van der Waals surface area contributed by atoms with Gasteiger partial charge >= 0.3 is 0 Å². The van der Waals surface area contributed by atoms with Gasteiger partial charge < -0.3 is 4.90 Å². The summed E-state index contributed by atoms with van der Waals surface area (Å²) in [7, 11) is 0. The molecule has 0 radical (unpaired) electrons. The molecule has 10 heteroatoms. The Morgan fingerprint density at radius 2 is 1.86 bits per heavy atom. The molecule has 1 amide bonds. The van der Waals surface area contributed by atoms with Gasteiger partial charge in [0.05, 0.1) is 16.6 Å². The van der Waals surface area contributed by atoms with Crippen molar-refractivity contribution in [1.82, 2.24) is 9.99 Å². The van der Waals surface area contributed by atoms with Crippen LogP contribution in [0, 0.1) is 0 Å². The number of halogens is 4. The van der Waals surface area contributed by atoms with E-state index < -0.39 is 0 Å². The monoisotopic (exact) mass is 478 g/mol. The topological polar surface area (TPSA) is 48.8 Å². The second-order valence-electron chi connectivity index (χ2n) is 6.15. The van der Waals surface area contributed by atoms with E-state index in [1.807, 2.05) is 17.0 Å². The molecule has 1 unspecified atom stereocenters. The van der Waals surface area contributed by atoms with Crippen LogP contribution in [-0.4, -0.2) is 46.5 Å². The lowest BCUT2D eigenvalue weighted by atomic mass is 10.0. The second-order valence-corrected chi connectivity index (χ2v) is 8.71. The summed E-state index contributed by atoms with van der Waals surface area (Å²) in [5.74, 6) is 0.755. The Morgan fingerprint density at radius 3 is 2.43 bits per heavy atom. The molecule has 1 atom stereocenters. The molecule has 1 aliphatic rings. The molecule has 3 rings (SSSR count). The predicted molar refractivity (Wildman–Crippen MR) is 119 cm³/mol. The van der Waals surface area contributed by atoms with E-state index in [1.54, 1.807) is 12.1 Å². The zero-order valence-electron chi connectivity index (χ0n) is 15.0. The molecular formula is C18H18Cl4N4OS. The molecule has 0 N–H and O–H groups in total. The number of thiazole rings is 1. The fraction of sp³-hybridized carbons (Fsp3) is 0.389. The van der Waals surface area contributed by atoms with Crippen LogP contribution < -0.4 is 4.90 Å². The molecule has 2 heterocycles. The molecule has 1 aromatic heterocycles. The van der Waals surface area contributed by atoms with Crippen LogP contribution in [0.5, 0.6) is 0 Å². The highest BCUT2D eigenvalue weighted by Crippen LogP contribution is 2.42. The Hall–Kier alpha value is -1.05. The third kappa shape index (κ3) is 4.74. The van der Waals surface area contributed by atoms with E-state index in [-0.39, 0.29) is 11.9 Å². The Balaban J connectivity index is 1.90. The fourth-order valence-corrected chi connectivity index (χ4v) is 4.97. The molecule has 2 aromatic rings. The number of rotatable bonds is 7. The number of anilines is 1. The summed E-state index contributed by atoms with van der Waals surface area (Å²) in [5, 5.41) is 7.77. The number of alkyl halides is 2. The van der Waals surface area contributed by atoms with E-state index in [0.717, 1.165) is 21.3 Å². The maximum Gasteiger partial charge on any atom is 0.240 e. The van der Waals surface area contributed by atoms with Crippen LogP contribution in [0.15, 0.2) is 29.4 Å². The van der Waals surface area contributed by atoms with Gasteiger partial charge in [0.1, 0.15) is 5.15 Å². The smallest absolute Gasteiger partial charge is 0.240 e. The lowest BCUT2D eigenvalue weighted by molar-refractivity contribution is -0.130. The molecule has 1 aromatic carbocycles. The summed E-state index contributed by atoms with van der Waals surface area (Å²) in [6.07, 6.45) is 0.549. The highest BCUT2D eigenvalue weighted by atomic mass is 35.5. The van der Waals surface area contributed by atoms with Gasteiger partial charge in [-0.15, -0.1) is 23.2 Å². The van der Waals surface area contributed by atoms with Crippen molar-refractivity contribution in [3.63, 3.8) is 0 Å². The standard InChI is InChI=1S/C18H18Cl4N4OS/c1-11(27)26-15(10-14(24-26)12-2-4-13(21)5-3-12)16-17(22)23-18(28-16)25(8-6-19)9-7-20/h2-5,15H,6-10H2,1H3. The van der Waals surface area contributed by atoms with E-state index in [0.29, 0.717) is 41.4 Å². The van der Waals surface area contributed by atoms with Crippen molar-refractivity contribution in [2.24, 2.45) is 5.10 Å². The molecule has 1 aliphatic heterocycles. The van der Waals surface area contributed by atoms with Crippen LogP contribution in [0.3, 0.4) is 0 Å². The Kier molecular flexibility index (Phi) is 7.45. The lowest BCUT2D eigenvalue weighted by Crippen LogP contribution is -2.27. The van der Waals surface area contributed by atoms with Gasteiger partial charge in [-0.2, -0.15) is 5.10 Å². The molecule has 0 saturated heterocycles. The summed E-state index contributed by atoms with van der Waals surface area (Å²) in [6, 6.07) is 7.10. The molecule has 5 nitrogen and oxygen atoms in total. The van der Waals surface area contributed by atoms with Crippen molar-refractivity contribution in [2.75, 3.05) is 29.7 Å². The number of hydrogen-bond acceptors (Lipinski definition) is 5. The Labute approximate surface area is 187 Å². The van der Waals surface area contributed by atoms with Gasteiger partial charge in [0.15, 0.2) is 5.13 Å². The number of hydrogen-bond donors (Lipinski definition) is 0. The molecule has 0 fully saturated rings. The first kappa shape index (κ1) is 21.7. The number of nitrogens with zero attached hydrogens (tertiary/aromatic N) is 4. The highest BCUT2D eigenvalue weighted by Gasteiger charge is 2.35. The minimum Gasteiger partial charge on any atom is -0.346 e. The number of aromatic nitrogens is 1. The van der Waals surface area contributed by atoms with Gasteiger partial charge in [0.2, 0.25) is 5.91 Å². The molecule has 0 bridgehead atoms. The van der Waals surface area contributed by atoms with Gasteiger partial charge in [0.25, 0.3) is 0 Å². The lowest BCUT2D eigenvalue weighted by Gasteiger charge is -2.20.